The van der Waals surface area contributed by atoms with Crippen LogP contribution in [0.5, 0.6) is 0 Å². The minimum absolute atomic E-state index is 0.0722. The van der Waals surface area contributed by atoms with Crippen LogP contribution in [0.4, 0.5) is 11.4 Å². The van der Waals surface area contributed by atoms with E-state index in [0.717, 1.165) is 5.69 Å². The molecule has 0 spiro atoms. The highest BCUT2D eigenvalue weighted by atomic mass is 35.5. The number of nitrogens with zero attached hydrogens (tertiary/aromatic N) is 4. The van der Waals surface area contributed by atoms with Gasteiger partial charge in [-0.15, -0.1) is 0 Å². The lowest BCUT2D eigenvalue weighted by molar-refractivity contribution is -0.120. The molecule has 1 aliphatic heterocycles. The van der Waals surface area contributed by atoms with Crippen molar-refractivity contribution >= 4 is 57.9 Å². The van der Waals surface area contributed by atoms with Gasteiger partial charge in [0.15, 0.2) is 0 Å². The van der Waals surface area contributed by atoms with Gasteiger partial charge in [-0.05, 0) is 30.3 Å². The molecule has 2 aromatic rings. The highest BCUT2D eigenvalue weighted by Crippen LogP contribution is 2.26. The van der Waals surface area contributed by atoms with Gasteiger partial charge in [-0.25, -0.2) is 5.43 Å². The lowest BCUT2D eigenvalue weighted by atomic mass is 10.0. The van der Waals surface area contributed by atoms with Crippen molar-refractivity contribution in [1.29, 1.82) is 5.26 Å². The molecule has 0 radical (unpaired) electrons. The molecule has 1 atom stereocenters. The number of hydrazone groups is 2. The Morgan fingerprint density at radius 3 is 2.65 bits per heavy atom. The minimum Gasteiger partial charge on any atom is -0.385 e. The van der Waals surface area contributed by atoms with Gasteiger partial charge in [-0.2, -0.15) is 15.5 Å². The predicted molar refractivity (Wildman–Crippen MR) is 120 cm³/mol. The number of rotatable bonds is 6. The first-order chi connectivity index (χ1) is 14.9. The zero-order valence-corrected chi connectivity index (χ0v) is 17.6. The van der Waals surface area contributed by atoms with Crippen LogP contribution in [0.25, 0.3) is 0 Å². The second-order valence-electron chi connectivity index (χ2n) is 6.45. The van der Waals surface area contributed by atoms with Crippen molar-refractivity contribution in [2.24, 2.45) is 21.9 Å². The Balaban J connectivity index is 1.85. The molecule has 158 valence electrons. The van der Waals surface area contributed by atoms with Crippen molar-refractivity contribution in [1.82, 2.24) is 5.43 Å². The van der Waals surface area contributed by atoms with E-state index in [0.29, 0.717) is 10.7 Å². The quantitative estimate of drug-likeness (QED) is 0.452. The largest absolute Gasteiger partial charge is 0.385 e. The number of nitrogens with one attached hydrogen (secondary N) is 2. The van der Waals surface area contributed by atoms with Gasteiger partial charge in [0.25, 0.3) is 11.8 Å². The lowest BCUT2D eigenvalue weighted by Gasteiger charge is -2.17. The summed E-state index contributed by atoms with van der Waals surface area (Å²) >= 11 is 11.9. The molecule has 0 bridgehead atoms. The molecule has 31 heavy (non-hydrogen) atoms. The average molecular weight is 458 g/mol. The summed E-state index contributed by atoms with van der Waals surface area (Å²) in [5.41, 5.74) is 9.39. The normalized spacial score (nSPS) is 15.8. The van der Waals surface area contributed by atoms with Crippen molar-refractivity contribution in [2.45, 2.75) is 6.42 Å². The number of nitriles is 1. The maximum Gasteiger partial charge on any atom is 0.272 e. The van der Waals surface area contributed by atoms with Crippen LogP contribution >= 0.6 is 23.2 Å². The smallest absolute Gasteiger partial charge is 0.272 e. The SMILES string of the molecule is N#CCC(=O)N/N=C(/C(=O)Nc1ccc(Cl)c(Cl)c1)C1CN(c2ccccc2)N=C1N. The Morgan fingerprint density at radius 2 is 1.97 bits per heavy atom. The van der Waals surface area contributed by atoms with Gasteiger partial charge in [-0.3, -0.25) is 14.6 Å². The molecular formula is C20H17Cl2N7O2. The molecular weight excluding hydrogens is 441 g/mol. The fourth-order valence-electron chi connectivity index (χ4n) is 2.80. The summed E-state index contributed by atoms with van der Waals surface area (Å²) in [5.74, 6) is -1.82. The molecule has 1 unspecified atom stereocenters. The molecule has 2 aromatic carbocycles. The third-order valence-electron chi connectivity index (χ3n) is 4.28. The Labute approximate surface area is 188 Å². The Bertz CT molecular complexity index is 1100. The van der Waals surface area contributed by atoms with E-state index in [-0.39, 0.29) is 23.1 Å². The Hall–Kier alpha value is -3.61. The third-order valence-corrected chi connectivity index (χ3v) is 5.02. The van der Waals surface area contributed by atoms with Gasteiger partial charge in [-0.1, -0.05) is 41.4 Å². The molecule has 0 aliphatic carbocycles. The number of para-hydroxylation sites is 1. The van der Waals surface area contributed by atoms with Crippen LogP contribution < -0.4 is 21.5 Å². The average Bonchev–Trinajstić information content (AvgIpc) is 3.13. The minimum atomic E-state index is -0.703. The van der Waals surface area contributed by atoms with Crippen LogP contribution in [0.1, 0.15) is 6.42 Å². The maximum absolute atomic E-state index is 13.0. The second-order valence-corrected chi connectivity index (χ2v) is 7.26. The molecule has 9 nitrogen and oxygen atoms in total. The number of carbonyl (C=O) groups excluding carboxylic acids is 2. The van der Waals surface area contributed by atoms with Crippen molar-refractivity contribution in [2.75, 3.05) is 16.9 Å². The molecule has 0 fully saturated rings. The lowest BCUT2D eigenvalue weighted by Crippen LogP contribution is -2.40. The fraction of sp³-hybridized carbons (Fsp3) is 0.150. The maximum atomic E-state index is 13.0. The van der Waals surface area contributed by atoms with E-state index in [1.165, 1.54) is 12.1 Å². The number of hydrogen-bond acceptors (Lipinski definition) is 7. The monoisotopic (exact) mass is 457 g/mol. The molecule has 0 saturated carbocycles. The molecule has 1 aliphatic rings. The van der Waals surface area contributed by atoms with Crippen LogP contribution in [-0.4, -0.2) is 29.9 Å². The molecule has 11 heteroatoms. The number of anilines is 2. The van der Waals surface area contributed by atoms with Gasteiger partial charge in [0.1, 0.15) is 18.0 Å². The molecule has 4 N–H and O–H groups in total. The molecule has 2 amide bonds. The predicted octanol–water partition coefficient (Wildman–Crippen LogP) is 2.73. The molecule has 3 rings (SSSR count). The van der Waals surface area contributed by atoms with E-state index in [1.54, 1.807) is 17.1 Å². The molecule has 0 aromatic heterocycles. The van der Waals surface area contributed by atoms with Crippen LogP contribution in [-0.2, 0) is 9.59 Å². The van der Waals surface area contributed by atoms with Crippen molar-refractivity contribution in [3.63, 3.8) is 0 Å². The van der Waals surface area contributed by atoms with Gasteiger partial charge in [0, 0.05) is 5.69 Å². The van der Waals surface area contributed by atoms with Crippen LogP contribution in [0.2, 0.25) is 10.0 Å². The van der Waals surface area contributed by atoms with Gasteiger partial charge in [0.2, 0.25) is 0 Å². The first-order valence-electron chi connectivity index (χ1n) is 9.05. The topological polar surface area (TPSA) is 136 Å². The van der Waals surface area contributed by atoms with E-state index in [1.807, 2.05) is 30.3 Å². The Kier molecular flexibility index (Phi) is 7.07. The Morgan fingerprint density at radius 1 is 1.23 bits per heavy atom. The first kappa shape index (κ1) is 22.1. The van der Waals surface area contributed by atoms with Gasteiger partial charge in [0.05, 0.1) is 34.3 Å². The highest BCUT2D eigenvalue weighted by molar-refractivity contribution is 6.47. The fourth-order valence-corrected chi connectivity index (χ4v) is 3.09. The zero-order chi connectivity index (χ0) is 22.4. The number of amidine groups is 1. The summed E-state index contributed by atoms with van der Waals surface area (Å²) < 4.78 is 0. The van der Waals surface area contributed by atoms with Gasteiger partial charge >= 0.3 is 0 Å². The summed E-state index contributed by atoms with van der Waals surface area (Å²) in [7, 11) is 0. The van der Waals surface area contributed by atoms with E-state index >= 15 is 0 Å². The number of hydrogen-bond donors (Lipinski definition) is 3. The first-order valence-corrected chi connectivity index (χ1v) is 9.81. The number of halogens is 2. The van der Waals surface area contributed by atoms with E-state index in [2.05, 4.69) is 20.9 Å². The number of carbonyl (C=O) groups is 2. The van der Waals surface area contributed by atoms with Crippen molar-refractivity contribution < 1.29 is 9.59 Å². The van der Waals surface area contributed by atoms with Gasteiger partial charge < -0.3 is 11.1 Å². The standard InChI is InChI=1S/C20H17Cl2N7O2/c21-15-7-6-12(10-16(15)22)25-20(31)18(27-26-17(30)8-9-23)14-11-29(28-19(14)24)13-4-2-1-3-5-13/h1-7,10,14H,8,11H2,(H2,24,28)(H,25,31)(H,26,30)/b27-18+. The summed E-state index contributed by atoms with van der Waals surface area (Å²) in [6.45, 7) is 0.234. The highest BCUT2D eigenvalue weighted by Gasteiger charge is 2.34. The zero-order valence-electron chi connectivity index (χ0n) is 16.0. The summed E-state index contributed by atoms with van der Waals surface area (Å²) in [6.07, 6.45) is -0.407. The van der Waals surface area contributed by atoms with Crippen molar-refractivity contribution in [3.8, 4) is 6.07 Å². The van der Waals surface area contributed by atoms with E-state index in [4.69, 9.17) is 34.2 Å². The van der Waals surface area contributed by atoms with Crippen molar-refractivity contribution in [3.05, 3.63) is 58.6 Å². The van der Waals surface area contributed by atoms with Crippen LogP contribution in [0, 0.1) is 17.2 Å². The number of amides is 2. The summed E-state index contributed by atoms with van der Waals surface area (Å²) in [6, 6.07) is 15.6. The van der Waals surface area contributed by atoms with E-state index < -0.39 is 24.2 Å². The summed E-state index contributed by atoms with van der Waals surface area (Å²) in [4.78, 5) is 24.7. The molecule has 0 saturated heterocycles. The number of nitrogens with two attached hydrogens (primary N) is 1. The third kappa shape index (κ3) is 5.51. The summed E-state index contributed by atoms with van der Waals surface area (Å²) in [5, 5.41) is 21.8. The number of benzene rings is 2. The second kappa shape index (κ2) is 9.93. The molecule has 1 heterocycles. The van der Waals surface area contributed by atoms with Crippen LogP contribution in [0.3, 0.4) is 0 Å². The van der Waals surface area contributed by atoms with E-state index in [9.17, 15) is 9.59 Å². The van der Waals surface area contributed by atoms with Crippen LogP contribution in [0.15, 0.2) is 58.7 Å².